The van der Waals surface area contributed by atoms with Crippen LogP contribution in [0.2, 0.25) is 0 Å². The van der Waals surface area contributed by atoms with Gasteiger partial charge in [-0.05, 0) is 36.1 Å². The number of pyridine rings is 1. The molecule has 3 nitrogen and oxygen atoms in total. The molecule has 1 heterocycles. The molecule has 2 aromatic carbocycles. The van der Waals surface area contributed by atoms with Gasteiger partial charge in [0.25, 0.3) is 5.56 Å². The van der Waals surface area contributed by atoms with Crippen molar-refractivity contribution in [1.82, 2.24) is 4.57 Å². The highest BCUT2D eigenvalue weighted by atomic mass is 16.1. The Bertz CT molecular complexity index is 902. The second-order valence-electron chi connectivity index (χ2n) is 4.85. The third-order valence-corrected chi connectivity index (χ3v) is 3.62. The lowest BCUT2D eigenvalue weighted by Gasteiger charge is -2.14. The summed E-state index contributed by atoms with van der Waals surface area (Å²) in [6.07, 6.45) is 0.747. The van der Waals surface area contributed by atoms with E-state index in [-0.39, 0.29) is 5.56 Å². The van der Waals surface area contributed by atoms with Gasteiger partial charge in [0.15, 0.2) is 0 Å². The quantitative estimate of drug-likeness (QED) is 0.718. The molecule has 0 atom stereocenters. The highest BCUT2D eigenvalue weighted by Gasteiger charge is 2.12. The molecule has 1 aromatic heterocycles. The van der Waals surface area contributed by atoms with Crippen LogP contribution in [0.15, 0.2) is 59.4 Å². The lowest BCUT2D eigenvalue weighted by Crippen LogP contribution is -2.22. The summed E-state index contributed by atoms with van der Waals surface area (Å²) in [6.45, 7) is 2.02. The maximum Gasteiger partial charge on any atom is 0.264 e. The van der Waals surface area contributed by atoms with Gasteiger partial charge < -0.3 is 0 Å². The second-order valence-corrected chi connectivity index (χ2v) is 4.85. The van der Waals surface area contributed by atoms with E-state index in [4.69, 9.17) is 0 Å². The smallest absolute Gasteiger partial charge is 0.264 e. The van der Waals surface area contributed by atoms with Crippen LogP contribution < -0.4 is 5.56 Å². The summed E-state index contributed by atoms with van der Waals surface area (Å²) < 4.78 is 1.70. The van der Waals surface area contributed by atoms with Gasteiger partial charge in [0.05, 0.1) is 17.0 Å². The molecule has 102 valence electrons. The minimum Gasteiger partial charge on any atom is -0.281 e. The Morgan fingerprint density at radius 3 is 2.52 bits per heavy atom. The number of aryl methyl sites for hydroxylation is 1. The number of rotatable bonds is 2. The number of fused-ring (bicyclic) bond motifs is 1. The van der Waals surface area contributed by atoms with Crippen molar-refractivity contribution in [3.63, 3.8) is 0 Å². The molecule has 0 aliphatic heterocycles. The number of aromatic nitrogens is 1. The molecule has 0 N–H and O–H groups in total. The van der Waals surface area contributed by atoms with Crippen molar-refractivity contribution < 1.29 is 0 Å². The van der Waals surface area contributed by atoms with Crippen molar-refractivity contribution in [3.05, 3.63) is 76.2 Å². The van der Waals surface area contributed by atoms with Crippen LogP contribution in [-0.4, -0.2) is 4.57 Å². The van der Waals surface area contributed by atoms with E-state index < -0.39 is 0 Å². The first kappa shape index (κ1) is 13.1. The third-order valence-electron chi connectivity index (χ3n) is 3.62. The molecule has 0 saturated carbocycles. The fraction of sp³-hybridized carbons (Fsp3) is 0.111. The molecule has 0 spiro atoms. The van der Waals surface area contributed by atoms with Crippen LogP contribution in [0.1, 0.15) is 18.2 Å². The van der Waals surface area contributed by atoms with Gasteiger partial charge in [-0.3, -0.25) is 9.36 Å². The maximum absolute atomic E-state index is 12.9. The van der Waals surface area contributed by atoms with E-state index in [1.807, 2.05) is 55.5 Å². The third kappa shape index (κ3) is 2.11. The standard InChI is InChI=1S/C18H14N2O/c1-2-15-11-13-7-6-8-14(12-19)17(13)18(21)20(15)16-9-4-3-5-10-16/h3-11H,2H2,1H3. The molecule has 0 aliphatic rings. The Hall–Kier alpha value is -2.86. The number of hydrogen-bond acceptors (Lipinski definition) is 2. The first-order chi connectivity index (χ1) is 10.3. The zero-order valence-electron chi connectivity index (χ0n) is 11.7. The predicted molar refractivity (Wildman–Crippen MR) is 83.6 cm³/mol. The van der Waals surface area contributed by atoms with E-state index in [0.29, 0.717) is 10.9 Å². The van der Waals surface area contributed by atoms with Crippen LogP contribution in [0.5, 0.6) is 0 Å². The minimum atomic E-state index is -0.132. The van der Waals surface area contributed by atoms with E-state index in [9.17, 15) is 10.1 Å². The van der Waals surface area contributed by atoms with Crippen molar-refractivity contribution in [3.8, 4) is 11.8 Å². The van der Waals surface area contributed by atoms with Crippen molar-refractivity contribution >= 4 is 10.8 Å². The summed E-state index contributed by atoms with van der Waals surface area (Å²) in [5.74, 6) is 0. The highest BCUT2D eigenvalue weighted by molar-refractivity contribution is 5.87. The average molecular weight is 274 g/mol. The van der Waals surface area contributed by atoms with Crippen LogP contribution in [0, 0.1) is 11.3 Å². The van der Waals surface area contributed by atoms with Crippen LogP contribution in [0.3, 0.4) is 0 Å². The van der Waals surface area contributed by atoms with E-state index in [2.05, 4.69) is 6.07 Å². The lowest BCUT2D eigenvalue weighted by molar-refractivity contribution is 0.889. The largest absolute Gasteiger partial charge is 0.281 e. The SMILES string of the molecule is CCc1cc2cccc(C#N)c2c(=O)n1-c1ccccc1. The molecule has 3 aromatic rings. The van der Waals surface area contributed by atoms with Crippen LogP contribution in [-0.2, 0) is 6.42 Å². The van der Waals surface area contributed by atoms with Crippen LogP contribution in [0.25, 0.3) is 16.5 Å². The molecule has 3 heteroatoms. The normalized spacial score (nSPS) is 10.5. The Labute approximate surface area is 122 Å². The summed E-state index contributed by atoms with van der Waals surface area (Å²) >= 11 is 0. The van der Waals surface area contributed by atoms with Gasteiger partial charge in [0.2, 0.25) is 0 Å². The lowest BCUT2D eigenvalue weighted by atomic mass is 10.0. The number of benzene rings is 2. The molecule has 0 radical (unpaired) electrons. The summed E-state index contributed by atoms with van der Waals surface area (Å²) in [5, 5.41) is 10.6. The van der Waals surface area contributed by atoms with Gasteiger partial charge in [-0.25, -0.2) is 0 Å². The Morgan fingerprint density at radius 2 is 1.86 bits per heavy atom. The zero-order valence-corrected chi connectivity index (χ0v) is 11.7. The maximum atomic E-state index is 12.9. The Morgan fingerprint density at radius 1 is 1.10 bits per heavy atom. The molecule has 0 aliphatic carbocycles. The van der Waals surface area contributed by atoms with Gasteiger partial charge in [-0.15, -0.1) is 0 Å². The molecule has 0 fully saturated rings. The monoisotopic (exact) mass is 274 g/mol. The van der Waals surface area contributed by atoms with Crippen molar-refractivity contribution in [2.24, 2.45) is 0 Å². The minimum absolute atomic E-state index is 0.132. The fourth-order valence-corrected chi connectivity index (χ4v) is 2.63. The number of nitrogens with zero attached hydrogens (tertiary/aromatic N) is 2. The summed E-state index contributed by atoms with van der Waals surface area (Å²) in [6, 6.07) is 19.0. The number of hydrogen-bond donors (Lipinski definition) is 0. The van der Waals surface area contributed by atoms with E-state index in [1.165, 1.54) is 0 Å². The van der Waals surface area contributed by atoms with Crippen molar-refractivity contribution in [1.29, 1.82) is 5.26 Å². The summed E-state index contributed by atoms with van der Waals surface area (Å²) in [5.41, 5.74) is 2.06. The molecule has 0 bridgehead atoms. The zero-order chi connectivity index (χ0) is 14.8. The summed E-state index contributed by atoms with van der Waals surface area (Å²) in [4.78, 5) is 12.9. The van der Waals surface area contributed by atoms with Gasteiger partial charge in [0.1, 0.15) is 0 Å². The highest BCUT2D eigenvalue weighted by Crippen LogP contribution is 2.19. The second kappa shape index (κ2) is 5.26. The average Bonchev–Trinajstić information content (AvgIpc) is 2.54. The number of para-hydroxylation sites is 1. The Kier molecular flexibility index (Phi) is 3.29. The number of nitriles is 1. The van der Waals surface area contributed by atoms with Gasteiger partial charge in [-0.1, -0.05) is 37.3 Å². The van der Waals surface area contributed by atoms with Gasteiger partial charge >= 0.3 is 0 Å². The van der Waals surface area contributed by atoms with Gasteiger partial charge in [0, 0.05) is 11.4 Å². The molecule has 3 rings (SSSR count). The molecule has 0 amide bonds. The molecular weight excluding hydrogens is 260 g/mol. The topological polar surface area (TPSA) is 45.8 Å². The van der Waals surface area contributed by atoms with Crippen LogP contribution >= 0.6 is 0 Å². The molecule has 21 heavy (non-hydrogen) atoms. The summed E-state index contributed by atoms with van der Waals surface area (Å²) in [7, 11) is 0. The first-order valence-electron chi connectivity index (χ1n) is 6.89. The van der Waals surface area contributed by atoms with Crippen LogP contribution in [0.4, 0.5) is 0 Å². The van der Waals surface area contributed by atoms with Crippen molar-refractivity contribution in [2.75, 3.05) is 0 Å². The van der Waals surface area contributed by atoms with E-state index in [0.717, 1.165) is 23.2 Å². The molecular formula is C18H14N2O. The van der Waals surface area contributed by atoms with E-state index >= 15 is 0 Å². The first-order valence-corrected chi connectivity index (χ1v) is 6.89. The van der Waals surface area contributed by atoms with Crippen molar-refractivity contribution in [2.45, 2.75) is 13.3 Å². The Balaban J connectivity index is 2.47. The van der Waals surface area contributed by atoms with E-state index in [1.54, 1.807) is 10.6 Å². The van der Waals surface area contributed by atoms with Gasteiger partial charge in [-0.2, -0.15) is 5.26 Å². The molecule has 0 unspecified atom stereocenters. The predicted octanol–water partition coefficient (Wildman–Crippen LogP) is 3.42. The molecule has 0 saturated heterocycles. The fourth-order valence-electron chi connectivity index (χ4n) is 2.63.